The van der Waals surface area contributed by atoms with Crippen LogP contribution in [0.1, 0.15) is 27.2 Å². The Labute approximate surface area is 86.8 Å². The highest BCUT2D eigenvalue weighted by atomic mass is 32.2. The van der Waals surface area contributed by atoms with Crippen molar-refractivity contribution in [1.29, 1.82) is 0 Å². The molecule has 0 aromatic heterocycles. The third-order valence-electron chi connectivity index (χ3n) is 2.59. The highest BCUT2D eigenvalue weighted by Crippen LogP contribution is 2.27. The molecule has 0 aliphatic carbocycles. The third-order valence-corrected chi connectivity index (χ3v) is 7.78. The lowest BCUT2D eigenvalue weighted by Gasteiger charge is -2.23. The van der Waals surface area contributed by atoms with Gasteiger partial charge < -0.3 is 0 Å². The normalized spacial score (nSPS) is 34.6. The molecule has 0 bridgehead atoms. The van der Waals surface area contributed by atoms with E-state index in [0.717, 1.165) is 0 Å². The molecule has 1 aliphatic heterocycles. The monoisotopic (exact) mass is 238 g/mol. The summed E-state index contributed by atoms with van der Waals surface area (Å²) in [4.78, 5) is 0. The van der Waals surface area contributed by atoms with E-state index in [1.165, 1.54) is 0 Å². The minimum Gasteiger partial charge on any atom is -0.268 e. The summed E-state index contributed by atoms with van der Waals surface area (Å²) in [5.74, 6) is 4.27. The molecule has 0 aromatic rings. The summed E-state index contributed by atoms with van der Waals surface area (Å²) < 4.78 is 34.8. The molecule has 1 rings (SSSR count). The van der Waals surface area contributed by atoms with Crippen molar-refractivity contribution in [2.24, 2.45) is 0 Å². The Morgan fingerprint density at radius 3 is 2.14 bits per heavy atom. The van der Waals surface area contributed by atoms with Crippen LogP contribution in [0, 0.1) is 0 Å². The predicted molar refractivity (Wildman–Crippen MR) is 62.1 cm³/mol. The molecular weight excluding hydrogens is 220 g/mol. The van der Waals surface area contributed by atoms with Gasteiger partial charge in [-0.15, -0.1) is 0 Å². The molecule has 1 saturated heterocycles. The quantitative estimate of drug-likeness (QED) is 0.632. The summed E-state index contributed by atoms with van der Waals surface area (Å²) in [5, 5.41) is -0.451. The Morgan fingerprint density at radius 2 is 1.86 bits per heavy atom. The molecule has 0 radical (unpaired) electrons. The molecule has 0 amide bonds. The van der Waals surface area contributed by atoms with E-state index in [0.29, 0.717) is 12.2 Å². The molecule has 1 heterocycles. The van der Waals surface area contributed by atoms with Crippen molar-refractivity contribution in [1.82, 2.24) is 0 Å². The van der Waals surface area contributed by atoms with Gasteiger partial charge in [-0.2, -0.15) is 0 Å². The van der Waals surface area contributed by atoms with Crippen molar-refractivity contribution in [3.8, 4) is 0 Å². The van der Waals surface area contributed by atoms with Gasteiger partial charge in [0.2, 0.25) is 0 Å². The molecular formula is C9H18O3S2. The third kappa shape index (κ3) is 2.14. The zero-order valence-electron chi connectivity index (χ0n) is 8.95. The average Bonchev–Trinajstić information content (AvgIpc) is 2.28. The summed E-state index contributed by atoms with van der Waals surface area (Å²) in [7, 11) is -5.28. The Kier molecular flexibility index (Phi) is 2.78. The minimum absolute atomic E-state index is 0.243. The van der Waals surface area contributed by atoms with Gasteiger partial charge in [0.1, 0.15) is 0 Å². The zero-order valence-corrected chi connectivity index (χ0v) is 10.6. The van der Waals surface area contributed by atoms with E-state index >= 15 is 0 Å². The topological polar surface area (TPSA) is 51.2 Å². The molecule has 3 nitrogen and oxygen atoms in total. The Morgan fingerprint density at radius 1 is 1.36 bits per heavy atom. The second kappa shape index (κ2) is 3.23. The van der Waals surface area contributed by atoms with Crippen LogP contribution in [0.2, 0.25) is 0 Å². The predicted octanol–water partition coefficient (Wildman–Crippen LogP) is 0.688. The van der Waals surface area contributed by atoms with E-state index in [1.807, 2.05) is 0 Å². The van der Waals surface area contributed by atoms with Gasteiger partial charge in [-0.05, 0) is 42.6 Å². The van der Waals surface area contributed by atoms with Gasteiger partial charge >= 0.3 is 0 Å². The van der Waals surface area contributed by atoms with Gasteiger partial charge in [0.15, 0.2) is 9.84 Å². The summed E-state index contributed by atoms with van der Waals surface area (Å²) in [5.41, 5.74) is 0. The average molecular weight is 238 g/mol. The SMILES string of the molecule is C=S1(=O)CCC(S(=O)(=O)C(C)(C)C)C1. The highest BCUT2D eigenvalue weighted by Gasteiger charge is 2.41. The largest absolute Gasteiger partial charge is 0.268 e. The number of hydrogen-bond acceptors (Lipinski definition) is 3. The molecule has 14 heavy (non-hydrogen) atoms. The van der Waals surface area contributed by atoms with Crippen molar-refractivity contribution in [2.75, 3.05) is 11.5 Å². The van der Waals surface area contributed by atoms with Crippen LogP contribution in [-0.2, 0) is 19.4 Å². The first-order valence-corrected chi connectivity index (χ1v) is 8.23. The highest BCUT2D eigenvalue weighted by molar-refractivity contribution is 8.02. The molecule has 5 heteroatoms. The van der Waals surface area contributed by atoms with Gasteiger partial charge in [-0.25, -0.2) is 8.42 Å². The molecule has 0 saturated carbocycles. The second-order valence-electron chi connectivity index (χ2n) is 4.90. The van der Waals surface area contributed by atoms with Gasteiger partial charge in [0.25, 0.3) is 0 Å². The van der Waals surface area contributed by atoms with Crippen LogP contribution in [0.15, 0.2) is 0 Å². The smallest absolute Gasteiger partial charge is 0.158 e. The summed E-state index contributed by atoms with van der Waals surface area (Å²) in [6.45, 7) is 5.06. The Balaban J connectivity index is 3.00. The zero-order chi connectivity index (χ0) is 11.2. The van der Waals surface area contributed by atoms with E-state index in [2.05, 4.69) is 5.87 Å². The van der Waals surface area contributed by atoms with Gasteiger partial charge in [0.05, 0.1) is 10.00 Å². The molecule has 1 fully saturated rings. The minimum atomic E-state index is -3.17. The van der Waals surface area contributed by atoms with Crippen LogP contribution in [-0.4, -0.2) is 40.0 Å². The summed E-state index contributed by atoms with van der Waals surface area (Å²) in [6, 6.07) is 0. The van der Waals surface area contributed by atoms with Crippen LogP contribution in [0.4, 0.5) is 0 Å². The molecule has 2 unspecified atom stereocenters. The number of hydrogen-bond donors (Lipinski definition) is 0. The Bertz CT molecular complexity index is 409. The maximum absolute atomic E-state index is 12.0. The maximum Gasteiger partial charge on any atom is 0.158 e. The lowest BCUT2D eigenvalue weighted by molar-refractivity contribution is 0.548. The van der Waals surface area contributed by atoms with E-state index in [4.69, 9.17) is 0 Å². The van der Waals surface area contributed by atoms with Crippen LogP contribution < -0.4 is 0 Å². The molecule has 1 aliphatic rings. The van der Waals surface area contributed by atoms with Crippen LogP contribution >= 0.6 is 0 Å². The lowest BCUT2D eigenvalue weighted by atomic mass is 10.3. The van der Waals surface area contributed by atoms with Crippen molar-refractivity contribution in [3.63, 3.8) is 0 Å². The molecule has 84 valence electrons. The molecule has 0 aromatic carbocycles. The Hall–Kier alpha value is -0.0300. The van der Waals surface area contributed by atoms with Crippen LogP contribution in [0.5, 0.6) is 0 Å². The fraction of sp³-hybridized carbons (Fsp3) is 0.889. The van der Waals surface area contributed by atoms with Crippen molar-refractivity contribution < 1.29 is 12.6 Å². The first kappa shape index (κ1) is 12.0. The molecule has 0 spiro atoms. The van der Waals surface area contributed by atoms with Crippen LogP contribution in [0.25, 0.3) is 0 Å². The van der Waals surface area contributed by atoms with Crippen molar-refractivity contribution in [3.05, 3.63) is 0 Å². The fourth-order valence-corrected chi connectivity index (χ4v) is 6.36. The van der Waals surface area contributed by atoms with E-state index in [-0.39, 0.29) is 5.75 Å². The second-order valence-corrected chi connectivity index (χ2v) is 10.6. The van der Waals surface area contributed by atoms with E-state index in [9.17, 15) is 12.6 Å². The molecule has 2 atom stereocenters. The van der Waals surface area contributed by atoms with Crippen LogP contribution in [0.3, 0.4) is 0 Å². The molecule has 0 N–H and O–H groups in total. The first-order chi connectivity index (χ1) is 6.06. The van der Waals surface area contributed by atoms with Crippen molar-refractivity contribution >= 4 is 25.2 Å². The number of sulfone groups is 1. The van der Waals surface area contributed by atoms with Crippen molar-refractivity contribution in [2.45, 2.75) is 37.2 Å². The fourth-order valence-electron chi connectivity index (χ4n) is 1.60. The number of rotatable bonds is 1. The standard InChI is InChI=1S/C9H18O3S2/c1-9(2,3)14(11,12)8-5-6-13(4,10)7-8/h8H,4-7H2,1-3H3. The summed E-state index contributed by atoms with van der Waals surface area (Å²) in [6.07, 6.45) is 0.502. The van der Waals surface area contributed by atoms with E-state index < -0.39 is 29.4 Å². The van der Waals surface area contributed by atoms with Gasteiger partial charge in [-0.1, -0.05) is 0 Å². The lowest BCUT2D eigenvalue weighted by Crippen LogP contribution is -2.37. The van der Waals surface area contributed by atoms with Gasteiger partial charge in [-0.3, -0.25) is 4.21 Å². The van der Waals surface area contributed by atoms with Gasteiger partial charge in [0, 0.05) is 11.5 Å². The maximum atomic E-state index is 12.0. The summed E-state index contributed by atoms with van der Waals surface area (Å²) >= 11 is 0. The van der Waals surface area contributed by atoms with E-state index in [1.54, 1.807) is 20.8 Å². The first-order valence-electron chi connectivity index (χ1n) is 4.62.